The maximum absolute atomic E-state index is 11.3. The zero-order chi connectivity index (χ0) is 14.4. The maximum Gasteiger partial charge on any atom is 0.202 e. The molecule has 0 radical (unpaired) electrons. The van der Waals surface area contributed by atoms with Gasteiger partial charge in [0, 0.05) is 5.57 Å². The normalized spacial score (nSPS) is 10.8. The quantitative estimate of drug-likeness (QED) is 0.485. The average molecular weight is 259 g/mol. The monoisotopic (exact) mass is 259 g/mol. The first-order chi connectivity index (χ1) is 9.04. The van der Waals surface area contributed by atoms with Crippen molar-refractivity contribution in [3.63, 3.8) is 0 Å². The van der Waals surface area contributed by atoms with Gasteiger partial charge in [0.05, 0.1) is 26.0 Å². The molecule has 0 aliphatic heterocycles. The van der Waals surface area contributed by atoms with Gasteiger partial charge in [-0.3, -0.25) is 4.79 Å². The number of ether oxygens (including phenoxy) is 2. The highest BCUT2D eigenvalue weighted by Crippen LogP contribution is 2.34. The molecular weight excluding hydrogens is 242 g/mol. The van der Waals surface area contributed by atoms with Crippen LogP contribution in [0.5, 0.6) is 11.5 Å². The fraction of sp³-hybridized carbons (Fsp3) is 0.200. The van der Waals surface area contributed by atoms with E-state index in [-0.39, 0.29) is 5.57 Å². The van der Waals surface area contributed by atoms with Crippen LogP contribution in [0, 0.1) is 5.41 Å². The first-order valence-electron chi connectivity index (χ1n) is 5.68. The Hall–Kier alpha value is -2.36. The highest BCUT2D eigenvalue weighted by atomic mass is 16.5. The molecule has 19 heavy (non-hydrogen) atoms. The predicted octanol–water partition coefficient (Wildman–Crippen LogP) is 2.88. The molecule has 1 aromatic rings. The van der Waals surface area contributed by atoms with Crippen LogP contribution in [0.1, 0.15) is 12.5 Å². The van der Waals surface area contributed by atoms with Crippen molar-refractivity contribution in [2.45, 2.75) is 6.92 Å². The van der Waals surface area contributed by atoms with Gasteiger partial charge in [-0.2, -0.15) is 0 Å². The van der Waals surface area contributed by atoms with E-state index >= 15 is 0 Å². The van der Waals surface area contributed by atoms with Crippen molar-refractivity contribution in [3.05, 3.63) is 42.0 Å². The van der Waals surface area contributed by atoms with Crippen molar-refractivity contribution < 1.29 is 14.3 Å². The zero-order valence-electron chi connectivity index (χ0n) is 11.3. The van der Waals surface area contributed by atoms with Gasteiger partial charge in [0.2, 0.25) is 5.78 Å². The maximum atomic E-state index is 11.3. The molecule has 0 aromatic heterocycles. The first-order valence-corrected chi connectivity index (χ1v) is 5.68. The number of hydrogen-bond acceptors (Lipinski definition) is 4. The summed E-state index contributed by atoms with van der Waals surface area (Å²) in [6.45, 7) is 5.48. The van der Waals surface area contributed by atoms with E-state index < -0.39 is 5.78 Å². The van der Waals surface area contributed by atoms with E-state index in [4.69, 9.17) is 14.9 Å². The minimum absolute atomic E-state index is 0.250. The summed E-state index contributed by atoms with van der Waals surface area (Å²) in [5.74, 6) is 0.889. The number of nitrogens with one attached hydrogen (secondary N) is 1. The summed E-state index contributed by atoms with van der Waals surface area (Å²) in [6.07, 6.45) is 2.36. The summed E-state index contributed by atoms with van der Waals surface area (Å²) in [6, 6.07) is 5.46. The van der Waals surface area contributed by atoms with Crippen molar-refractivity contribution in [1.82, 2.24) is 0 Å². The largest absolute Gasteiger partial charge is 0.496 e. The Bertz CT molecular complexity index is 522. The molecule has 4 heteroatoms. The number of allylic oxidation sites excluding steroid dienone is 3. The van der Waals surface area contributed by atoms with Crippen LogP contribution in [0.4, 0.5) is 0 Å². The third kappa shape index (κ3) is 3.31. The number of ketones is 1. The lowest BCUT2D eigenvalue weighted by molar-refractivity contribution is -0.109. The van der Waals surface area contributed by atoms with Crippen molar-refractivity contribution in [3.8, 4) is 11.5 Å². The Kier molecular flexibility index (Phi) is 5.06. The van der Waals surface area contributed by atoms with Gasteiger partial charge in [0.15, 0.2) is 0 Å². The van der Waals surface area contributed by atoms with E-state index in [1.54, 1.807) is 20.3 Å². The fourth-order valence-electron chi connectivity index (χ4n) is 1.74. The Morgan fingerprint density at radius 1 is 1.26 bits per heavy atom. The molecular formula is C15H17NO3. The fourth-order valence-corrected chi connectivity index (χ4v) is 1.74. The molecule has 0 saturated carbocycles. The second-order valence-electron chi connectivity index (χ2n) is 3.90. The highest BCUT2D eigenvalue weighted by molar-refractivity contribution is 6.35. The topological polar surface area (TPSA) is 59.4 Å². The second kappa shape index (κ2) is 6.54. The van der Waals surface area contributed by atoms with E-state index in [0.29, 0.717) is 11.5 Å². The van der Waals surface area contributed by atoms with Gasteiger partial charge in [0.25, 0.3) is 0 Å². The van der Waals surface area contributed by atoms with Crippen LogP contribution < -0.4 is 9.47 Å². The van der Waals surface area contributed by atoms with Gasteiger partial charge < -0.3 is 14.9 Å². The van der Waals surface area contributed by atoms with Crippen molar-refractivity contribution in [2.24, 2.45) is 0 Å². The molecule has 0 aliphatic carbocycles. The van der Waals surface area contributed by atoms with E-state index in [9.17, 15) is 4.79 Å². The summed E-state index contributed by atoms with van der Waals surface area (Å²) >= 11 is 0. The molecule has 0 aliphatic rings. The van der Waals surface area contributed by atoms with Gasteiger partial charge in [-0.1, -0.05) is 12.6 Å². The summed E-state index contributed by atoms with van der Waals surface area (Å²) in [4.78, 5) is 11.3. The van der Waals surface area contributed by atoms with Gasteiger partial charge >= 0.3 is 0 Å². The lowest BCUT2D eigenvalue weighted by atomic mass is 10.0. The lowest BCUT2D eigenvalue weighted by Gasteiger charge is -2.13. The van der Waals surface area contributed by atoms with E-state index in [1.807, 2.05) is 25.1 Å². The summed E-state index contributed by atoms with van der Waals surface area (Å²) in [7, 11) is 3.15. The summed E-state index contributed by atoms with van der Waals surface area (Å²) in [5, 5.41) is 6.93. The molecule has 0 heterocycles. The molecule has 0 fully saturated rings. The molecule has 0 saturated heterocycles. The van der Waals surface area contributed by atoms with Gasteiger partial charge in [-0.05, 0) is 30.7 Å². The van der Waals surface area contributed by atoms with Gasteiger partial charge in [-0.15, -0.1) is 0 Å². The summed E-state index contributed by atoms with van der Waals surface area (Å²) < 4.78 is 10.6. The minimum atomic E-state index is -0.423. The van der Waals surface area contributed by atoms with E-state index in [2.05, 4.69) is 6.58 Å². The number of carbonyl (C=O) groups excluding carboxylic acids is 1. The number of carbonyl (C=O) groups is 1. The number of hydrogen-bond donors (Lipinski definition) is 1. The van der Waals surface area contributed by atoms with Crippen molar-refractivity contribution in [2.75, 3.05) is 14.2 Å². The smallest absolute Gasteiger partial charge is 0.202 e. The molecule has 1 rings (SSSR count). The molecule has 0 spiro atoms. The van der Waals surface area contributed by atoms with Crippen LogP contribution in [0.2, 0.25) is 0 Å². The number of methoxy groups -OCH3 is 2. The number of benzene rings is 1. The van der Waals surface area contributed by atoms with E-state index in [1.165, 1.54) is 0 Å². The Balaban J connectivity index is 3.28. The molecule has 100 valence electrons. The van der Waals surface area contributed by atoms with Crippen molar-refractivity contribution in [1.29, 1.82) is 5.41 Å². The third-order valence-corrected chi connectivity index (χ3v) is 2.66. The third-order valence-electron chi connectivity index (χ3n) is 2.66. The standard InChI is InChI=1S/C15H17NO3/c1-10(12(17)9-16)8-11(2)15-13(18-3)6-5-7-14(15)19-4/h5-9,16H,1H2,2-4H3/b11-8+,16-9?. The van der Waals surface area contributed by atoms with Crippen LogP contribution in [0.25, 0.3) is 5.57 Å². The van der Waals surface area contributed by atoms with Crippen LogP contribution >= 0.6 is 0 Å². The molecule has 0 unspecified atom stereocenters. The Morgan fingerprint density at radius 3 is 2.21 bits per heavy atom. The molecule has 0 atom stereocenters. The summed E-state index contributed by atoms with van der Waals surface area (Å²) in [5.41, 5.74) is 1.81. The lowest BCUT2D eigenvalue weighted by Crippen LogP contribution is -2.00. The molecule has 4 nitrogen and oxygen atoms in total. The molecule has 1 aromatic carbocycles. The molecule has 1 N–H and O–H groups in total. The number of rotatable bonds is 6. The van der Waals surface area contributed by atoms with Crippen LogP contribution in [-0.4, -0.2) is 26.2 Å². The van der Waals surface area contributed by atoms with E-state index in [0.717, 1.165) is 17.4 Å². The highest BCUT2D eigenvalue weighted by Gasteiger charge is 2.12. The van der Waals surface area contributed by atoms with Crippen molar-refractivity contribution >= 4 is 17.6 Å². The second-order valence-corrected chi connectivity index (χ2v) is 3.90. The van der Waals surface area contributed by atoms with Gasteiger partial charge in [0.1, 0.15) is 11.5 Å². The first kappa shape index (κ1) is 14.7. The van der Waals surface area contributed by atoms with Crippen LogP contribution in [0.3, 0.4) is 0 Å². The zero-order valence-corrected chi connectivity index (χ0v) is 11.3. The van der Waals surface area contributed by atoms with Crippen LogP contribution in [0.15, 0.2) is 36.4 Å². The Morgan fingerprint density at radius 2 is 1.79 bits per heavy atom. The number of Topliss-reactive ketones (excluding diaryl/α,β-unsaturated/α-hetero) is 1. The molecule has 0 amide bonds. The SMILES string of the molecule is C=C(/C=C(\C)c1c(OC)cccc1OC)C(=O)C=N. The average Bonchev–Trinajstić information content (AvgIpc) is 2.44. The van der Waals surface area contributed by atoms with Crippen LogP contribution in [-0.2, 0) is 4.79 Å². The predicted molar refractivity (Wildman–Crippen MR) is 76.1 cm³/mol. The van der Waals surface area contributed by atoms with Gasteiger partial charge in [-0.25, -0.2) is 0 Å². The molecule has 0 bridgehead atoms. The minimum Gasteiger partial charge on any atom is -0.496 e. The Labute approximate surface area is 112 Å².